The summed E-state index contributed by atoms with van der Waals surface area (Å²) in [7, 11) is 0. The maximum atomic E-state index is 14.5. The van der Waals surface area contributed by atoms with Gasteiger partial charge in [0.1, 0.15) is 17.5 Å². The van der Waals surface area contributed by atoms with Gasteiger partial charge in [-0.25, -0.2) is 13.2 Å². The maximum absolute atomic E-state index is 14.5. The fourth-order valence-electron chi connectivity index (χ4n) is 4.89. The van der Waals surface area contributed by atoms with Crippen molar-refractivity contribution in [2.45, 2.75) is 24.8 Å². The Morgan fingerprint density at radius 3 is 2.59 bits per heavy atom. The number of hydrogen-bond acceptors (Lipinski definition) is 3. The quantitative estimate of drug-likeness (QED) is 0.640. The van der Waals surface area contributed by atoms with Gasteiger partial charge in [0.2, 0.25) is 5.91 Å². The summed E-state index contributed by atoms with van der Waals surface area (Å²) in [5, 5.41) is 10.0. The number of carbonyl (C=O) groups is 1. The zero-order valence-electron chi connectivity index (χ0n) is 17.3. The molecule has 1 saturated heterocycles. The largest absolute Gasteiger partial charge is 0.394 e. The molecule has 2 fully saturated rings. The zero-order valence-corrected chi connectivity index (χ0v) is 17.3. The molecular formula is C24H23F3N2O3. The number of carbonyl (C=O) groups excluding carboxylic acids is 1. The van der Waals surface area contributed by atoms with Crippen molar-refractivity contribution in [3.05, 3.63) is 59.4 Å². The molecule has 0 unspecified atom stereocenters. The maximum Gasteiger partial charge on any atom is 0.226 e. The monoisotopic (exact) mass is 444 g/mol. The molecule has 5 rings (SSSR count). The Morgan fingerprint density at radius 2 is 1.88 bits per heavy atom. The highest BCUT2D eigenvalue weighted by molar-refractivity contribution is 5.92. The molecule has 168 valence electrons. The van der Waals surface area contributed by atoms with E-state index in [4.69, 9.17) is 4.74 Å². The van der Waals surface area contributed by atoms with Crippen molar-refractivity contribution in [3.63, 3.8) is 0 Å². The summed E-state index contributed by atoms with van der Waals surface area (Å²) in [5.41, 5.74) is 2.22. The number of halogens is 3. The van der Waals surface area contributed by atoms with Gasteiger partial charge in [-0.3, -0.25) is 4.79 Å². The molecule has 1 aliphatic heterocycles. The zero-order chi connectivity index (χ0) is 22.4. The molecule has 1 aliphatic carbocycles. The molecule has 3 aromatic rings. The van der Waals surface area contributed by atoms with E-state index >= 15 is 0 Å². The normalized spacial score (nSPS) is 23.4. The lowest BCUT2D eigenvalue weighted by molar-refractivity contribution is -0.149. The van der Waals surface area contributed by atoms with Crippen molar-refractivity contribution in [1.29, 1.82) is 0 Å². The van der Waals surface area contributed by atoms with E-state index in [1.54, 1.807) is 17.0 Å². The lowest BCUT2D eigenvalue weighted by atomic mass is 9.69. The highest BCUT2D eigenvalue weighted by Crippen LogP contribution is 2.49. The average molecular weight is 444 g/mol. The Morgan fingerprint density at radius 1 is 1.12 bits per heavy atom. The van der Waals surface area contributed by atoms with Gasteiger partial charge in [-0.1, -0.05) is 0 Å². The molecule has 0 radical (unpaired) electrons. The van der Waals surface area contributed by atoms with E-state index in [9.17, 15) is 23.1 Å². The number of rotatable bonds is 4. The number of H-pyrrole nitrogens is 1. The lowest BCUT2D eigenvalue weighted by Crippen LogP contribution is -2.53. The van der Waals surface area contributed by atoms with E-state index in [1.165, 1.54) is 18.2 Å². The van der Waals surface area contributed by atoms with Gasteiger partial charge in [0.15, 0.2) is 0 Å². The number of aliphatic hydroxyl groups is 1. The summed E-state index contributed by atoms with van der Waals surface area (Å²) in [4.78, 5) is 17.8. The first-order chi connectivity index (χ1) is 15.5. The fraction of sp³-hybridized carbons (Fsp3) is 0.375. The Balaban J connectivity index is 1.47. The second-order valence-corrected chi connectivity index (χ2v) is 8.54. The molecule has 8 heteroatoms. The van der Waals surface area contributed by atoms with E-state index in [0.29, 0.717) is 49.2 Å². The smallest absolute Gasteiger partial charge is 0.226 e. The first-order valence-electron chi connectivity index (χ1n) is 10.7. The highest BCUT2D eigenvalue weighted by Gasteiger charge is 2.42. The first-order valence-corrected chi connectivity index (χ1v) is 10.7. The second-order valence-electron chi connectivity index (χ2n) is 8.54. The number of morpholine rings is 1. The molecular weight excluding hydrogens is 421 g/mol. The summed E-state index contributed by atoms with van der Waals surface area (Å²) in [6.07, 6.45) is 1.07. The Hall–Kier alpha value is -2.84. The molecule has 1 saturated carbocycles. The molecule has 1 aromatic heterocycles. The van der Waals surface area contributed by atoms with Crippen LogP contribution < -0.4 is 0 Å². The third-order valence-corrected chi connectivity index (χ3v) is 6.61. The fourth-order valence-corrected chi connectivity index (χ4v) is 4.89. The number of aromatic amines is 1. The number of amides is 1. The van der Waals surface area contributed by atoms with Crippen LogP contribution >= 0.6 is 0 Å². The number of aliphatic hydroxyl groups excluding tert-OH is 1. The SMILES string of the molecule is O=C(C1CC(c2c(-c3ccc(F)cc3)[nH]c3c(F)cc(F)cc23)C1)N1CCOC[C@@H]1CO. The number of fused-ring (bicyclic) bond motifs is 1. The summed E-state index contributed by atoms with van der Waals surface area (Å²) in [5.74, 6) is -2.08. The molecule has 0 bridgehead atoms. The number of aromatic nitrogens is 1. The molecule has 2 aromatic carbocycles. The van der Waals surface area contributed by atoms with Crippen LogP contribution in [0, 0.1) is 23.4 Å². The molecule has 0 spiro atoms. The molecule has 1 atom stereocenters. The van der Waals surface area contributed by atoms with E-state index < -0.39 is 11.6 Å². The average Bonchev–Trinajstić information content (AvgIpc) is 3.12. The lowest BCUT2D eigenvalue weighted by Gasteiger charge is -2.42. The Labute approximate surface area is 182 Å². The van der Waals surface area contributed by atoms with Crippen LogP contribution in [-0.4, -0.2) is 53.3 Å². The third kappa shape index (κ3) is 3.57. The molecule has 1 amide bonds. The number of benzene rings is 2. The Bertz CT molecular complexity index is 1160. The van der Waals surface area contributed by atoms with Crippen molar-refractivity contribution in [2.75, 3.05) is 26.4 Å². The van der Waals surface area contributed by atoms with Crippen LogP contribution in [0.1, 0.15) is 24.3 Å². The van der Waals surface area contributed by atoms with Gasteiger partial charge in [0.05, 0.1) is 37.1 Å². The van der Waals surface area contributed by atoms with Crippen LogP contribution in [0.5, 0.6) is 0 Å². The van der Waals surface area contributed by atoms with Crippen molar-refractivity contribution < 1.29 is 27.8 Å². The minimum Gasteiger partial charge on any atom is -0.394 e. The Kier molecular flexibility index (Phi) is 5.43. The number of ether oxygens (including phenoxy) is 1. The summed E-state index contributed by atoms with van der Waals surface area (Å²) in [6, 6.07) is 7.62. The van der Waals surface area contributed by atoms with E-state index in [0.717, 1.165) is 11.6 Å². The number of nitrogens with one attached hydrogen (secondary N) is 1. The van der Waals surface area contributed by atoms with Crippen LogP contribution in [0.2, 0.25) is 0 Å². The van der Waals surface area contributed by atoms with Crippen molar-refractivity contribution >= 4 is 16.8 Å². The van der Waals surface area contributed by atoms with Crippen LogP contribution in [0.4, 0.5) is 13.2 Å². The van der Waals surface area contributed by atoms with Gasteiger partial charge in [-0.2, -0.15) is 0 Å². The van der Waals surface area contributed by atoms with E-state index in [1.807, 2.05) is 0 Å². The molecule has 32 heavy (non-hydrogen) atoms. The van der Waals surface area contributed by atoms with Crippen LogP contribution in [0.3, 0.4) is 0 Å². The number of nitrogens with zero attached hydrogens (tertiary/aromatic N) is 1. The third-order valence-electron chi connectivity index (χ3n) is 6.61. The van der Waals surface area contributed by atoms with Gasteiger partial charge in [0, 0.05) is 23.9 Å². The van der Waals surface area contributed by atoms with Crippen molar-refractivity contribution in [1.82, 2.24) is 9.88 Å². The predicted octanol–water partition coefficient (Wildman–Crippen LogP) is 3.97. The minimum atomic E-state index is -0.694. The molecule has 2 aliphatic rings. The summed E-state index contributed by atoms with van der Waals surface area (Å²) < 4.78 is 47.4. The first kappa shape index (κ1) is 21.0. The predicted molar refractivity (Wildman–Crippen MR) is 112 cm³/mol. The standard InChI is InChI=1S/C24H23F3N2O3/c25-16-3-1-13(2-4-16)22-21(19-9-17(26)10-20(27)23(19)28-22)14-7-15(8-14)24(31)29-5-6-32-12-18(29)11-30/h1-4,9-10,14-15,18,28,30H,5-8,11-12H2/t14?,15?,18-/m0/s1. The van der Waals surface area contributed by atoms with Gasteiger partial charge < -0.3 is 19.7 Å². The minimum absolute atomic E-state index is 0.0239. The molecule has 2 heterocycles. The van der Waals surface area contributed by atoms with Crippen LogP contribution in [-0.2, 0) is 9.53 Å². The summed E-state index contributed by atoms with van der Waals surface area (Å²) in [6.45, 7) is 1.04. The molecule has 2 N–H and O–H groups in total. The molecule has 5 nitrogen and oxygen atoms in total. The van der Waals surface area contributed by atoms with Gasteiger partial charge >= 0.3 is 0 Å². The summed E-state index contributed by atoms with van der Waals surface area (Å²) >= 11 is 0. The topological polar surface area (TPSA) is 65.6 Å². The van der Waals surface area contributed by atoms with E-state index in [-0.39, 0.29) is 41.7 Å². The van der Waals surface area contributed by atoms with Crippen LogP contribution in [0.15, 0.2) is 36.4 Å². The second kappa shape index (κ2) is 8.26. The van der Waals surface area contributed by atoms with Crippen molar-refractivity contribution in [3.8, 4) is 11.3 Å². The van der Waals surface area contributed by atoms with Crippen molar-refractivity contribution in [2.24, 2.45) is 5.92 Å². The van der Waals surface area contributed by atoms with Crippen LogP contribution in [0.25, 0.3) is 22.2 Å². The van der Waals surface area contributed by atoms with E-state index in [2.05, 4.69) is 4.98 Å². The number of hydrogen-bond donors (Lipinski definition) is 2. The van der Waals surface area contributed by atoms with Gasteiger partial charge in [-0.15, -0.1) is 0 Å². The van der Waals surface area contributed by atoms with Gasteiger partial charge in [-0.05, 0) is 60.2 Å². The highest BCUT2D eigenvalue weighted by atomic mass is 19.1. The van der Waals surface area contributed by atoms with Gasteiger partial charge in [0.25, 0.3) is 0 Å².